The first-order chi connectivity index (χ1) is 11.8. The molecule has 0 amide bonds. The predicted molar refractivity (Wildman–Crippen MR) is 93.6 cm³/mol. The van der Waals surface area contributed by atoms with Gasteiger partial charge in [0.25, 0.3) is 0 Å². The molecule has 0 radical (unpaired) electrons. The van der Waals surface area contributed by atoms with Gasteiger partial charge in [0.15, 0.2) is 5.65 Å². The predicted octanol–water partition coefficient (Wildman–Crippen LogP) is 4.12. The maximum atomic E-state index is 6.17. The summed E-state index contributed by atoms with van der Waals surface area (Å²) in [5.41, 5.74) is 3.50. The smallest absolute Gasteiger partial charge is 0.245 e. The number of ether oxygens (including phenoxy) is 1. The van der Waals surface area contributed by atoms with E-state index in [1.165, 1.54) is 19.3 Å². The molecule has 1 aliphatic carbocycles. The number of nitrogens with zero attached hydrogens (tertiary/aromatic N) is 3. The van der Waals surface area contributed by atoms with Crippen LogP contribution in [0.3, 0.4) is 0 Å². The van der Waals surface area contributed by atoms with E-state index in [9.17, 15) is 0 Å². The Morgan fingerprint density at radius 2 is 1.96 bits per heavy atom. The molecule has 1 aliphatic rings. The third-order valence-electron chi connectivity index (χ3n) is 4.47. The first-order valence-corrected chi connectivity index (χ1v) is 8.50. The lowest BCUT2D eigenvalue weighted by Gasteiger charge is -2.22. The maximum Gasteiger partial charge on any atom is 0.245 e. The van der Waals surface area contributed by atoms with Gasteiger partial charge in [-0.3, -0.25) is 0 Å². The van der Waals surface area contributed by atoms with Crippen molar-refractivity contribution in [3.63, 3.8) is 0 Å². The average molecular weight is 323 g/mol. The molecule has 6 nitrogen and oxygen atoms in total. The van der Waals surface area contributed by atoms with Crippen molar-refractivity contribution >= 4 is 22.8 Å². The van der Waals surface area contributed by atoms with Crippen molar-refractivity contribution in [2.75, 3.05) is 5.32 Å². The Morgan fingerprint density at radius 3 is 2.79 bits per heavy atom. The van der Waals surface area contributed by atoms with Gasteiger partial charge in [-0.2, -0.15) is 9.97 Å². The van der Waals surface area contributed by atoms with Crippen molar-refractivity contribution < 1.29 is 4.74 Å². The standard InChI is InChI=1S/C18H21N5O/c1-12-7-5-6-10-14(12)21-18-22-16-15(19-11-20-16)17(23-18)24-13-8-3-2-4-9-13/h5-7,10-11,13H,2-4,8-9H2,1H3,(H2,19,20,21,22,23). The molecule has 6 heteroatoms. The number of H-pyrrole nitrogens is 1. The molecule has 24 heavy (non-hydrogen) atoms. The van der Waals surface area contributed by atoms with Gasteiger partial charge in [-0.1, -0.05) is 24.6 Å². The largest absolute Gasteiger partial charge is 0.473 e. The second-order valence-corrected chi connectivity index (χ2v) is 6.27. The van der Waals surface area contributed by atoms with Crippen LogP contribution in [0.5, 0.6) is 5.88 Å². The zero-order chi connectivity index (χ0) is 16.4. The molecule has 2 N–H and O–H groups in total. The number of fused-ring (bicyclic) bond motifs is 1. The normalized spacial score (nSPS) is 15.5. The second-order valence-electron chi connectivity index (χ2n) is 6.27. The fourth-order valence-electron chi connectivity index (χ4n) is 3.12. The molecule has 0 atom stereocenters. The second kappa shape index (κ2) is 6.47. The van der Waals surface area contributed by atoms with Crippen molar-refractivity contribution in [1.29, 1.82) is 0 Å². The van der Waals surface area contributed by atoms with E-state index in [0.29, 0.717) is 17.5 Å². The summed E-state index contributed by atoms with van der Waals surface area (Å²) < 4.78 is 6.17. The number of hydrogen-bond donors (Lipinski definition) is 2. The molecular formula is C18H21N5O. The molecule has 1 saturated carbocycles. The number of benzene rings is 1. The minimum atomic E-state index is 0.228. The highest BCUT2D eigenvalue weighted by atomic mass is 16.5. The van der Waals surface area contributed by atoms with Crippen LogP contribution in [-0.4, -0.2) is 26.0 Å². The van der Waals surface area contributed by atoms with Crippen molar-refractivity contribution in [3.05, 3.63) is 36.2 Å². The molecule has 0 aliphatic heterocycles. The first kappa shape index (κ1) is 14.9. The van der Waals surface area contributed by atoms with E-state index in [1.807, 2.05) is 18.2 Å². The summed E-state index contributed by atoms with van der Waals surface area (Å²) in [6.45, 7) is 2.05. The summed E-state index contributed by atoms with van der Waals surface area (Å²) in [5.74, 6) is 1.09. The van der Waals surface area contributed by atoms with Crippen molar-refractivity contribution in [2.24, 2.45) is 0 Å². The van der Waals surface area contributed by atoms with Gasteiger partial charge in [-0.05, 0) is 44.2 Å². The van der Waals surface area contributed by atoms with Gasteiger partial charge in [0.05, 0.1) is 6.33 Å². The molecule has 0 bridgehead atoms. The van der Waals surface area contributed by atoms with Gasteiger partial charge in [-0.25, -0.2) is 4.98 Å². The number of imidazole rings is 1. The van der Waals surface area contributed by atoms with E-state index in [4.69, 9.17) is 4.74 Å². The number of hydrogen-bond acceptors (Lipinski definition) is 5. The molecule has 1 aromatic carbocycles. The minimum Gasteiger partial charge on any atom is -0.473 e. The Labute approximate surface area is 140 Å². The third kappa shape index (κ3) is 3.04. The van der Waals surface area contributed by atoms with Crippen LogP contribution < -0.4 is 10.1 Å². The lowest BCUT2D eigenvalue weighted by atomic mass is 9.98. The van der Waals surface area contributed by atoms with Crippen molar-refractivity contribution in [2.45, 2.75) is 45.1 Å². The number of para-hydroxylation sites is 1. The van der Waals surface area contributed by atoms with Crippen LogP contribution in [0.15, 0.2) is 30.6 Å². The SMILES string of the molecule is Cc1ccccc1Nc1nc(OC2CCCCC2)c2[nH]cnc2n1. The van der Waals surface area contributed by atoms with E-state index >= 15 is 0 Å². The van der Waals surface area contributed by atoms with E-state index < -0.39 is 0 Å². The van der Waals surface area contributed by atoms with Gasteiger partial charge in [0, 0.05) is 5.69 Å². The van der Waals surface area contributed by atoms with E-state index in [0.717, 1.165) is 29.6 Å². The summed E-state index contributed by atoms with van der Waals surface area (Å²) in [6, 6.07) is 8.06. The Kier molecular flexibility index (Phi) is 4.02. The highest BCUT2D eigenvalue weighted by molar-refractivity contribution is 5.77. The van der Waals surface area contributed by atoms with Crippen LogP contribution >= 0.6 is 0 Å². The maximum absolute atomic E-state index is 6.17. The Bertz CT molecular complexity index is 838. The van der Waals surface area contributed by atoms with Crippen molar-refractivity contribution in [3.8, 4) is 5.88 Å². The molecule has 2 heterocycles. The zero-order valence-corrected chi connectivity index (χ0v) is 13.7. The Hall–Kier alpha value is -2.63. The summed E-state index contributed by atoms with van der Waals surface area (Å²) in [5, 5.41) is 3.28. The molecule has 0 unspecified atom stereocenters. The van der Waals surface area contributed by atoms with Crippen molar-refractivity contribution in [1.82, 2.24) is 19.9 Å². The van der Waals surface area contributed by atoms with Gasteiger partial charge < -0.3 is 15.0 Å². The molecule has 2 aromatic heterocycles. The fourth-order valence-corrected chi connectivity index (χ4v) is 3.12. The van der Waals surface area contributed by atoms with Gasteiger partial charge >= 0.3 is 0 Å². The molecular weight excluding hydrogens is 302 g/mol. The van der Waals surface area contributed by atoms with E-state index in [-0.39, 0.29) is 6.10 Å². The quantitative estimate of drug-likeness (QED) is 0.755. The summed E-state index contributed by atoms with van der Waals surface area (Å²) in [6.07, 6.45) is 7.76. The monoisotopic (exact) mass is 323 g/mol. The van der Waals surface area contributed by atoms with Gasteiger partial charge in [0.2, 0.25) is 11.8 Å². The number of rotatable bonds is 4. The number of aromatic nitrogens is 4. The zero-order valence-electron chi connectivity index (χ0n) is 13.7. The summed E-state index contributed by atoms with van der Waals surface area (Å²) in [7, 11) is 0. The lowest BCUT2D eigenvalue weighted by molar-refractivity contribution is 0.150. The van der Waals surface area contributed by atoms with Crippen LogP contribution in [0, 0.1) is 6.92 Å². The van der Waals surface area contributed by atoms with E-state index in [1.54, 1.807) is 6.33 Å². The Morgan fingerprint density at radius 1 is 1.12 bits per heavy atom. The van der Waals surface area contributed by atoms with E-state index in [2.05, 4.69) is 38.2 Å². The van der Waals surface area contributed by atoms with Gasteiger partial charge in [0.1, 0.15) is 11.6 Å². The molecule has 0 saturated heterocycles. The summed E-state index contributed by atoms with van der Waals surface area (Å²) >= 11 is 0. The van der Waals surface area contributed by atoms with Crippen LogP contribution in [-0.2, 0) is 0 Å². The summed E-state index contributed by atoms with van der Waals surface area (Å²) in [4.78, 5) is 16.4. The molecule has 4 rings (SSSR count). The minimum absolute atomic E-state index is 0.228. The van der Waals surface area contributed by atoms with Gasteiger partial charge in [-0.15, -0.1) is 0 Å². The topological polar surface area (TPSA) is 75.7 Å². The number of nitrogens with one attached hydrogen (secondary N) is 2. The van der Waals surface area contributed by atoms with Crippen LogP contribution in [0.1, 0.15) is 37.7 Å². The van der Waals surface area contributed by atoms with Crippen LogP contribution in [0.25, 0.3) is 11.2 Å². The molecule has 124 valence electrons. The molecule has 1 fully saturated rings. The van der Waals surface area contributed by atoms with Crippen LogP contribution in [0.4, 0.5) is 11.6 Å². The Balaban J connectivity index is 1.65. The number of aromatic amines is 1. The highest BCUT2D eigenvalue weighted by Crippen LogP contribution is 2.28. The average Bonchev–Trinajstić information content (AvgIpc) is 3.07. The number of aryl methyl sites for hydroxylation is 1. The molecule has 0 spiro atoms. The van der Waals surface area contributed by atoms with Crippen LogP contribution in [0.2, 0.25) is 0 Å². The third-order valence-corrected chi connectivity index (χ3v) is 4.47. The molecule has 3 aromatic rings. The fraction of sp³-hybridized carbons (Fsp3) is 0.389. The highest BCUT2D eigenvalue weighted by Gasteiger charge is 2.19. The lowest BCUT2D eigenvalue weighted by Crippen LogP contribution is -2.20. The number of anilines is 2. The first-order valence-electron chi connectivity index (χ1n) is 8.50.